The van der Waals surface area contributed by atoms with Gasteiger partial charge in [0, 0.05) is 35.7 Å². The van der Waals surface area contributed by atoms with E-state index >= 15 is 0 Å². The highest BCUT2D eigenvalue weighted by molar-refractivity contribution is 7.99. The van der Waals surface area contributed by atoms with Gasteiger partial charge in [-0.3, -0.25) is 19.5 Å². The van der Waals surface area contributed by atoms with Gasteiger partial charge in [0.05, 0.1) is 5.75 Å². The number of rotatable bonds is 7. The number of nitrogens with one attached hydrogen (secondary N) is 3. The Balaban J connectivity index is 1.53. The van der Waals surface area contributed by atoms with E-state index in [4.69, 9.17) is 16.1 Å². The van der Waals surface area contributed by atoms with Crippen LogP contribution < -0.4 is 16.0 Å². The van der Waals surface area contributed by atoms with Gasteiger partial charge in [-0.2, -0.15) is 0 Å². The molecule has 1 aliphatic heterocycles. The molecule has 4 rings (SSSR count). The Morgan fingerprint density at radius 3 is 2.78 bits per heavy atom. The van der Waals surface area contributed by atoms with E-state index in [2.05, 4.69) is 31.3 Å². The van der Waals surface area contributed by atoms with Crippen LogP contribution in [-0.4, -0.2) is 49.6 Å². The highest BCUT2D eigenvalue weighted by atomic mass is 35.5. The van der Waals surface area contributed by atoms with Crippen molar-refractivity contribution >= 4 is 47.0 Å². The van der Waals surface area contributed by atoms with Crippen LogP contribution in [0.5, 0.6) is 0 Å². The molecule has 3 heterocycles. The lowest BCUT2D eigenvalue weighted by Gasteiger charge is -2.23. The molecule has 13 heteroatoms. The van der Waals surface area contributed by atoms with Gasteiger partial charge in [-0.25, -0.2) is 4.79 Å². The number of amides is 4. The maximum Gasteiger partial charge on any atom is 0.321 e. The Bertz CT molecular complexity index is 1140. The number of carbonyl (C=O) groups is 3. The van der Waals surface area contributed by atoms with Crippen molar-refractivity contribution in [3.05, 3.63) is 46.9 Å². The zero-order valence-corrected chi connectivity index (χ0v) is 18.4. The average Bonchev–Trinajstić information content (AvgIpc) is 3.32. The molecule has 1 atom stereocenters. The van der Waals surface area contributed by atoms with Gasteiger partial charge < -0.3 is 15.2 Å². The maximum atomic E-state index is 12.3. The summed E-state index contributed by atoms with van der Waals surface area (Å²) < 4.78 is 6.71. The smallest absolute Gasteiger partial charge is 0.321 e. The molecule has 3 aromatic rings. The number of nitrogens with zero attached hydrogens (tertiary/aromatic N) is 4. The molecule has 2 aromatic heterocycles. The van der Waals surface area contributed by atoms with E-state index in [9.17, 15) is 14.4 Å². The molecular formula is C19H18ClN7O4S. The Morgan fingerprint density at radius 2 is 2.09 bits per heavy atom. The van der Waals surface area contributed by atoms with E-state index in [1.54, 1.807) is 41.8 Å². The van der Waals surface area contributed by atoms with Crippen molar-refractivity contribution in [1.82, 2.24) is 30.6 Å². The first-order valence-corrected chi connectivity index (χ1v) is 10.9. The monoisotopic (exact) mass is 475 g/mol. The summed E-state index contributed by atoms with van der Waals surface area (Å²) in [5.41, 5.74) is 0.732. The van der Waals surface area contributed by atoms with Gasteiger partial charge in [-0.1, -0.05) is 28.5 Å². The number of anilines is 1. The van der Waals surface area contributed by atoms with Crippen LogP contribution in [0.25, 0.3) is 5.69 Å². The second kappa shape index (κ2) is 9.40. The third kappa shape index (κ3) is 5.26. The van der Waals surface area contributed by atoms with Crippen LogP contribution in [0.4, 0.5) is 10.6 Å². The fraction of sp³-hybridized carbons (Fsp3) is 0.263. The van der Waals surface area contributed by atoms with Crippen molar-refractivity contribution in [2.45, 2.75) is 31.0 Å². The topological polar surface area (TPSA) is 144 Å². The van der Waals surface area contributed by atoms with Crippen LogP contribution in [0, 0.1) is 6.92 Å². The molecule has 166 valence electrons. The third-order valence-corrected chi connectivity index (χ3v) is 5.64. The first kappa shape index (κ1) is 21.8. The molecule has 1 saturated heterocycles. The Morgan fingerprint density at radius 1 is 1.31 bits per heavy atom. The molecule has 0 saturated carbocycles. The number of hydrogen-bond donors (Lipinski definition) is 3. The summed E-state index contributed by atoms with van der Waals surface area (Å²) in [5, 5.41) is 20.8. The third-order valence-electron chi connectivity index (χ3n) is 4.46. The molecule has 3 N–H and O–H groups in total. The Labute approximate surface area is 191 Å². The van der Waals surface area contributed by atoms with Gasteiger partial charge in [-0.15, -0.1) is 10.2 Å². The second-order valence-electron chi connectivity index (χ2n) is 7.00. The van der Waals surface area contributed by atoms with Gasteiger partial charge in [0.25, 0.3) is 0 Å². The minimum Gasteiger partial charge on any atom is -0.360 e. The molecule has 1 aliphatic rings. The molecule has 0 aliphatic carbocycles. The van der Waals surface area contributed by atoms with Crippen LogP contribution in [-0.2, 0) is 16.0 Å². The van der Waals surface area contributed by atoms with Crippen molar-refractivity contribution in [1.29, 1.82) is 0 Å². The molecule has 4 amide bonds. The van der Waals surface area contributed by atoms with Gasteiger partial charge in [-0.05, 0) is 31.2 Å². The lowest BCUT2D eigenvalue weighted by molar-refractivity contribution is -0.121. The second-order valence-corrected chi connectivity index (χ2v) is 8.38. The van der Waals surface area contributed by atoms with Gasteiger partial charge >= 0.3 is 6.03 Å². The summed E-state index contributed by atoms with van der Waals surface area (Å²) in [4.78, 5) is 35.7. The summed E-state index contributed by atoms with van der Waals surface area (Å²) in [6, 6.07) is 7.69. The summed E-state index contributed by atoms with van der Waals surface area (Å²) in [6.07, 6.45) is 0.404. The molecule has 32 heavy (non-hydrogen) atoms. The number of hydrogen-bond acceptors (Lipinski definition) is 8. The van der Waals surface area contributed by atoms with Crippen LogP contribution in [0.1, 0.15) is 18.0 Å². The van der Waals surface area contributed by atoms with Crippen molar-refractivity contribution in [2.75, 3.05) is 11.1 Å². The minimum absolute atomic E-state index is 0.0558. The van der Waals surface area contributed by atoms with Crippen LogP contribution >= 0.6 is 23.4 Å². The highest BCUT2D eigenvalue weighted by Crippen LogP contribution is 2.24. The number of urea groups is 1. The quantitative estimate of drug-likeness (QED) is 0.440. The van der Waals surface area contributed by atoms with E-state index < -0.39 is 12.1 Å². The lowest BCUT2D eigenvalue weighted by atomic mass is 10.1. The van der Waals surface area contributed by atoms with Crippen LogP contribution in [0.2, 0.25) is 5.02 Å². The average molecular weight is 476 g/mol. The van der Waals surface area contributed by atoms with E-state index in [1.165, 1.54) is 11.8 Å². The number of aromatic nitrogens is 4. The van der Waals surface area contributed by atoms with Gasteiger partial charge in [0.1, 0.15) is 11.6 Å². The number of aryl methyl sites for hydroxylation is 1. The zero-order valence-electron chi connectivity index (χ0n) is 16.8. The molecular weight excluding hydrogens is 458 g/mol. The largest absolute Gasteiger partial charge is 0.360 e. The fourth-order valence-corrected chi connectivity index (χ4v) is 4.02. The lowest BCUT2D eigenvalue weighted by Crippen LogP contribution is -2.53. The first-order valence-electron chi connectivity index (χ1n) is 9.54. The summed E-state index contributed by atoms with van der Waals surface area (Å²) in [6.45, 7) is 1.73. The predicted octanol–water partition coefficient (Wildman–Crippen LogP) is 2.09. The summed E-state index contributed by atoms with van der Waals surface area (Å²) in [7, 11) is 0. The van der Waals surface area contributed by atoms with Crippen molar-refractivity contribution < 1.29 is 18.9 Å². The number of benzene rings is 1. The zero-order chi connectivity index (χ0) is 22.7. The van der Waals surface area contributed by atoms with Crippen molar-refractivity contribution in [3.8, 4) is 5.69 Å². The van der Waals surface area contributed by atoms with Crippen LogP contribution in [0.3, 0.4) is 0 Å². The molecule has 0 bridgehead atoms. The number of halogens is 1. The van der Waals surface area contributed by atoms with E-state index in [0.29, 0.717) is 27.6 Å². The molecule has 1 aromatic carbocycles. The fourth-order valence-electron chi connectivity index (χ4n) is 3.13. The molecule has 1 unspecified atom stereocenters. The molecule has 11 nitrogen and oxygen atoms in total. The summed E-state index contributed by atoms with van der Waals surface area (Å²) in [5.74, 6) is 0.864. The Hall–Kier alpha value is -3.38. The van der Waals surface area contributed by atoms with Gasteiger partial charge in [0.15, 0.2) is 11.0 Å². The normalized spacial score (nSPS) is 15.9. The molecule has 1 fully saturated rings. The Kier molecular flexibility index (Phi) is 6.42. The van der Waals surface area contributed by atoms with Crippen molar-refractivity contribution in [3.63, 3.8) is 0 Å². The van der Waals surface area contributed by atoms with E-state index in [0.717, 1.165) is 5.69 Å². The van der Waals surface area contributed by atoms with Gasteiger partial charge in [0.2, 0.25) is 11.8 Å². The number of imide groups is 1. The maximum absolute atomic E-state index is 12.3. The number of thioether (sulfide) groups is 1. The van der Waals surface area contributed by atoms with Crippen molar-refractivity contribution in [2.24, 2.45) is 0 Å². The summed E-state index contributed by atoms with van der Waals surface area (Å²) >= 11 is 7.20. The molecule has 0 radical (unpaired) electrons. The van der Waals surface area contributed by atoms with E-state index in [1.807, 2.05) is 0 Å². The first-order chi connectivity index (χ1) is 15.4. The van der Waals surface area contributed by atoms with Crippen LogP contribution in [0.15, 0.2) is 40.0 Å². The number of carbonyl (C=O) groups excluding carboxylic acids is 3. The predicted molar refractivity (Wildman–Crippen MR) is 116 cm³/mol. The SMILES string of the molecule is Cc1cc(NC(=O)CSc2nnc(CC3CC(=O)NC(=O)N3)n2-c2ccc(Cl)cc2)no1. The standard InChI is InChI=1S/C19H18ClN7O4S/c1-10-6-14(26-31-10)22-17(29)9-32-19-25-24-15(7-12-8-16(28)23-18(30)21-12)27(19)13-4-2-11(20)3-5-13/h2-6,12H,7-9H2,1H3,(H,22,26,29)(H2,21,23,28,30). The minimum atomic E-state index is -0.543. The van der Waals surface area contributed by atoms with E-state index in [-0.39, 0.29) is 30.4 Å². The molecule has 0 spiro atoms. The highest BCUT2D eigenvalue weighted by Gasteiger charge is 2.27.